The van der Waals surface area contributed by atoms with Gasteiger partial charge < -0.3 is 5.73 Å². The Morgan fingerprint density at radius 2 is 1.80 bits per heavy atom. The van der Waals surface area contributed by atoms with Crippen molar-refractivity contribution in [1.82, 2.24) is 0 Å². The maximum absolute atomic E-state index is 5.92. The van der Waals surface area contributed by atoms with Gasteiger partial charge in [-0.05, 0) is 31.1 Å². The molecule has 2 fully saturated rings. The Hall–Kier alpha value is 0.250. The third-order valence-electron chi connectivity index (χ3n) is 3.14. The van der Waals surface area contributed by atoms with E-state index >= 15 is 0 Å². The third-order valence-corrected chi connectivity index (χ3v) is 3.14. The van der Waals surface area contributed by atoms with Gasteiger partial charge in [0, 0.05) is 6.04 Å². The highest BCUT2D eigenvalue weighted by Gasteiger charge is 2.36. The second-order valence-electron chi connectivity index (χ2n) is 3.60. The number of hydrogen-bond donors (Lipinski definition) is 1. The maximum Gasteiger partial charge on any atom is 0.00699 e. The number of nitrogens with two attached hydrogens (primary N) is 1. The van der Waals surface area contributed by atoms with Crippen molar-refractivity contribution in [3.63, 3.8) is 0 Å². The molecule has 2 saturated carbocycles. The van der Waals surface area contributed by atoms with E-state index in [1.165, 1.54) is 32.1 Å². The van der Waals surface area contributed by atoms with Crippen molar-refractivity contribution in [2.24, 2.45) is 17.6 Å². The first kappa shape index (κ1) is 8.35. The second kappa shape index (κ2) is 3.10. The zero-order valence-corrected chi connectivity index (χ0v) is 7.07. The molecule has 2 aliphatic rings. The summed E-state index contributed by atoms with van der Waals surface area (Å²) >= 11 is 0. The fraction of sp³-hybridized carbons (Fsp3) is 1.00. The monoisotopic (exact) mass is 161 g/mol. The first-order valence-electron chi connectivity index (χ1n) is 4.13. The smallest absolute Gasteiger partial charge is 0.00699 e. The Labute approximate surface area is 68.8 Å². The molecular weight excluding hydrogens is 146 g/mol. The lowest BCUT2D eigenvalue weighted by atomic mass is 9.98. The molecule has 2 aliphatic carbocycles. The summed E-state index contributed by atoms with van der Waals surface area (Å²) in [5, 5.41) is 0. The molecule has 1 nitrogen and oxygen atoms in total. The average Bonchev–Trinajstić information content (AvgIpc) is 2.35. The largest absolute Gasteiger partial charge is 0.327 e. The SMILES string of the molecule is Cl.NC1CC[C@@H]2CCC[C@@H]12. The molecular formula is C8H16ClN. The van der Waals surface area contributed by atoms with Gasteiger partial charge in [-0.1, -0.05) is 12.8 Å². The lowest BCUT2D eigenvalue weighted by Gasteiger charge is -2.11. The molecule has 60 valence electrons. The zero-order chi connectivity index (χ0) is 6.27. The van der Waals surface area contributed by atoms with Crippen LogP contribution in [0.25, 0.3) is 0 Å². The van der Waals surface area contributed by atoms with Crippen molar-refractivity contribution in [2.45, 2.75) is 38.1 Å². The normalized spacial score (nSPS) is 44.7. The predicted octanol–water partition coefficient (Wildman–Crippen LogP) is 1.95. The van der Waals surface area contributed by atoms with Crippen molar-refractivity contribution in [3.8, 4) is 0 Å². The molecule has 0 amide bonds. The summed E-state index contributed by atoms with van der Waals surface area (Å²) in [6, 6.07) is 0.567. The van der Waals surface area contributed by atoms with Crippen LogP contribution in [0.15, 0.2) is 0 Å². The van der Waals surface area contributed by atoms with Gasteiger partial charge in [0.1, 0.15) is 0 Å². The molecule has 0 aromatic carbocycles. The quantitative estimate of drug-likeness (QED) is 0.578. The Balaban J connectivity index is 0.000000500. The van der Waals surface area contributed by atoms with Crippen LogP contribution in [0.5, 0.6) is 0 Å². The van der Waals surface area contributed by atoms with Crippen molar-refractivity contribution in [2.75, 3.05) is 0 Å². The molecule has 3 atom stereocenters. The molecule has 0 heterocycles. The lowest BCUT2D eigenvalue weighted by molar-refractivity contribution is 0.421. The third kappa shape index (κ3) is 1.17. The molecule has 10 heavy (non-hydrogen) atoms. The lowest BCUT2D eigenvalue weighted by Crippen LogP contribution is -2.24. The van der Waals surface area contributed by atoms with E-state index in [1.807, 2.05) is 0 Å². The van der Waals surface area contributed by atoms with Crippen LogP contribution in [0.4, 0.5) is 0 Å². The van der Waals surface area contributed by atoms with Crippen LogP contribution in [0, 0.1) is 11.8 Å². The van der Waals surface area contributed by atoms with Gasteiger partial charge in [0.25, 0.3) is 0 Å². The van der Waals surface area contributed by atoms with Crippen molar-refractivity contribution < 1.29 is 0 Å². The highest BCUT2D eigenvalue weighted by atomic mass is 35.5. The molecule has 1 unspecified atom stereocenters. The molecule has 2 rings (SSSR count). The summed E-state index contributed by atoms with van der Waals surface area (Å²) in [5.41, 5.74) is 5.92. The van der Waals surface area contributed by atoms with Crippen molar-refractivity contribution >= 4 is 12.4 Å². The van der Waals surface area contributed by atoms with E-state index in [-0.39, 0.29) is 12.4 Å². The minimum atomic E-state index is 0. The highest BCUT2D eigenvalue weighted by Crippen LogP contribution is 2.42. The van der Waals surface area contributed by atoms with Gasteiger partial charge in [0.2, 0.25) is 0 Å². The molecule has 0 saturated heterocycles. The summed E-state index contributed by atoms with van der Waals surface area (Å²) in [4.78, 5) is 0. The summed E-state index contributed by atoms with van der Waals surface area (Å²) in [6.45, 7) is 0. The van der Waals surface area contributed by atoms with E-state index < -0.39 is 0 Å². The fourth-order valence-electron chi connectivity index (χ4n) is 2.61. The van der Waals surface area contributed by atoms with E-state index in [0.717, 1.165) is 11.8 Å². The van der Waals surface area contributed by atoms with Crippen LogP contribution in [-0.4, -0.2) is 6.04 Å². The Bertz CT molecular complexity index is 116. The fourth-order valence-corrected chi connectivity index (χ4v) is 2.61. The molecule has 0 aromatic heterocycles. The average molecular weight is 162 g/mol. The Morgan fingerprint density at radius 3 is 2.50 bits per heavy atom. The van der Waals surface area contributed by atoms with Crippen LogP contribution in [-0.2, 0) is 0 Å². The van der Waals surface area contributed by atoms with Gasteiger partial charge in [0.05, 0.1) is 0 Å². The summed E-state index contributed by atoms with van der Waals surface area (Å²) in [5.74, 6) is 1.95. The van der Waals surface area contributed by atoms with Gasteiger partial charge in [-0.3, -0.25) is 0 Å². The standard InChI is InChI=1S/C8H15N.ClH/c9-8-5-4-6-2-1-3-7(6)8;/h6-8H,1-5,9H2;1H/t6-,7+,8?;/m0./s1. The van der Waals surface area contributed by atoms with Crippen LogP contribution in [0.2, 0.25) is 0 Å². The number of fused-ring (bicyclic) bond motifs is 1. The summed E-state index contributed by atoms with van der Waals surface area (Å²) in [6.07, 6.45) is 7.06. The minimum Gasteiger partial charge on any atom is -0.327 e. The van der Waals surface area contributed by atoms with Crippen LogP contribution in [0.3, 0.4) is 0 Å². The van der Waals surface area contributed by atoms with Crippen LogP contribution >= 0.6 is 12.4 Å². The van der Waals surface area contributed by atoms with E-state index in [1.54, 1.807) is 0 Å². The molecule has 2 heteroatoms. The molecule has 2 N–H and O–H groups in total. The van der Waals surface area contributed by atoms with Crippen molar-refractivity contribution in [3.05, 3.63) is 0 Å². The van der Waals surface area contributed by atoms with Crippen LogP contribution in [0.1, 0.15) is 32.1 Å². The maximum atomic E-state index is 5.92. The second-order valence-corrected chi connectivity index (χ2v) is 3.60. The van der Waals surface area contributed by atoms with Crippen LogP contribution < -0.4 is 5.73 Å². The van der Waals surface area contributed by atoms with E-state index in [0.29, 0.717) is 6.04 Å². The molecule has 0 aromatic rings. The van der Waals surface area contributed by atoms with E-state index in [9.17, 15) is 0 Å². The summed E-state index contributed by atoms with van der Waals surface area (Å²) < 4.78 is 0. The first-order valence-corrected chi connectivity index (χ1v) is 4.13. The Kier molecular flexibility index (Phi) is 2.59. The van der Waals surface area contributed by atoms with E-state index in [2.05, 4.69) is 0 Å². The molecule has 0 aliphatic heterocycles. The van der Waals surface area contributed by atoms with Gasteiger partial charge >= 0.3 is 0 Å². The van der Waals surface area contributed by atoms with Gasteiger partial charge in [-0.2, -0.15) is 0 Å². The first-order chi connectivity index (χ1) is 4.38. The molecule has 0 radical (unpaired) electrons. The van der Waals surface area contributed by atoms with Crippen molar-refractivity contribution in [1.29, 1.82) is 0 Å². The number of halogens is 1. The van der Waals surface area contributed by atoms with Gasteiger partial charge in [-0.15, -0.1) is 12.4 Å². The van der Waals surface area contributed by atoms with Gasteiger partial charge in [-0.25, -0.2) is 0 Å². The zero-order valence-electron chi connectivity index (χ0n) is 6.25. The predicted molar refractivity (Wildman–Crippen MR) is 45.3 cm³/mol. The molecule has 0 bridgehead atoms. The van der Waals surface area contributed by atoms with Gasteiger partial charge in [0.15, 0.2) is 0 Å². The summed E-state index contributed by atoms with van der Waals surface area (Å²) in [7, 11) is 0. The molecule has 0 spiro atoms. The number of hydrogen-bond acceptors (Lipinski definition) is 1. The highest BCUT2D eigenvalue weighted by molar-refractivity contribution is 5.85. The number of rotatable bonds is 0. The topological polar surface area (TPSA) is 26.0 Å². The van der Waals surface area contributed by atoms with E-state index in [4.69, 9.17) is 5.73 Å². The Morgan fingerprint density at radius 1 is 1.00 bits per heavy atom. The minimum absolute atomic E-state index is 0.